The van der Waals surface area contributed by atoms with Crippen LogP contribution >= 0.6 is 15.9 Å². The predicted octanol–water partition coefficient (Wildman–Crippen LogP) is 5.44. The zero-order chi connectivity index (χ0) is 27.1. The molecule has 1 heterocycles. The van der Waals surface area contributed by atoms with Crippen LogP contribution in [-0.4, -0.2) is 41.2 Å². The number of anilines is 1. The summed E-state index contributed by atoms with van der Waals surface area (Å²) in [4.78, 5) is 27.6. The summed E-state index contributed by atoms with van der Waals surface area (Å²) in [6.07, 6.45) is 2.18. The minimum absolute atomic E-state index is 0.199. The number of carboxylic acid groups (broad SMARTS) is 1. The number of halogens is 1. The van der Waals surface area contributed by atoms with Gasteiger partial charge < -0.3 is 30.2 Å². The summed E-state index contributed by atoms with van der Waals surface area (Å²) in [6.45, 7) is 4.33. The molecule has 0 spiro atoms. The Morgan fingerprint density at radius 3 is 2.58 bits per heavy atom. The molecule has 198 valence electrons. The number of aromatic nitrogens is 1. The number of aryl methyl sites for hydroxylation is 1. The molecule has 4 aromatic rings. The molecule has 9 heteroatoms. The molecule has 4 N–H and O–H groups in total. The van der Waals surface area contributed by atoms with Gasteiger partial charge >= 0.3 is 5.97 Å². The first-order valence-electron chi connectivity index (χ1n) is 12.3. The summed E-state index contributed by atoms with van der Waals surface area (Å²) < 4.78 is 12.2. The van der Waals surface area contributed by atoms with E-state index in [-0.39, 0.29) is 12.5 Å². The highest BCUT2D eigenvalue weighted by Gasteiger charge is 2.20. The molecule has 0 unspecified atom stereocenters. The van der Waals surface area contributed by atoms with Crippen molar-refractivity contribution in [2.45, 2.75) is 32.9 Å². The van der Waals surface area contributed by atoms with Crippen LogP contribution in [0.5, 0.6) is 11.5 Å². The van der Waals surface area contributed by atoms with Gasteiger partial charge in [0.25, 0.3) is 5.91 Å². The molecule has 1 aromatic heterocycles. The quantitative estimate of drug-likeness (QED) is 0.178. The van der Waals surface area contributed by atoms with E-state index in [1.165, 1.54) is 0 Å². The Hall–Kier alpha value is -3.82. The minimum Gasteiger partial charge on any atom is -0.490 e. The maximum absolute atomic E-state index is 12.4. The average Bonchev–Trinajstić information content (AvgIpc) is 3.30. The van der Waals surface area contributed by atoms with Crippen LogP contribution in [0.1, 0.15) is 23.6 Å². The van der Waals surface area contributed by atoms with E-state index in [4.69, 9.17) is 9.47 Å². The topological polar surface area (TPSA) is 113 Å². The highest BCUT2D eigenvalue weighted by atomic mass is 79.9. The number of rotatable bonds is 12. The van der Waals surface area contributed by atoms with Crippen molar-refractivity contribution in [3.05, 3.63) is 88.0 Å². The second kappa shape index (κ2) is 12.6. The first-order chi connectivity index (χ1) is 18.3. The molecule has 0 saturated heterocycles. The van der Waals surface area contributed by atoms with Gasteiger partial charge in [0.05, 0.1) is 11.1 Å². The van der Waals surface area contributed by atoms with Gasteiger partial charge in [-0.2, -0.15) is 0 Å². The molecule has 1 amide bonds. The summed E-state index contributed by atoms with van der Waals surface area (Å²) in [5, 5.41) is 16.8. The van der Waals surface area contributed by atoms with Gasteiger partial charge in [-0.05, 0) is 71.2 Å². The molecule has 38 heavy (non-hydrogen) atoms. The highest BCUT2D eigenvalue weighted by molar-refractivity contribution is 9.10. The van der Waals surface area contributed by atoms with E-state index in [1.807, 2.05) is 74.6 Å². The lowest BCUT2D eigenvalue weighted by molar-refractivity contribution is -0.139. The number of aromatic amines is 1. The SMILES string of the molecule is CCOc1cc(CN[C@H](Cc2c[nH]c3ccccc23)C(=O)O)cc(Br)c1OCC(=O)Nc1ccc(C)cc1. The fraction of sp³-hybridized carbons (Fsp3) is 0.241. The lowest BCUT2D eigenvalue weighted by atomic mass is 10.0. The third kappa shape index (κ3) is 6.93. The standard InChI is InChI=1S/C29H30BrN3O5/c1-3-37-26-13-19(12-23(30)28(26)38-17-27(34)33-21-10-8-18(2)9-11-21)15-31-25(29(35)36)14-20-16-32-24-7-5-4-6-22(20)24/h4-13,16,25,31-32H,3,14-15,17H2,1-2H3,(H,33,34)(H,35,36)/t25-/m1/s1. The van der Waals surface area contributed by atoms with Crippen molar-refractivity contribution < 1.29 is 24.2 Å². The van der Waals surface area contributed by atoms with Crippen molar-refractivity contribution in [1.82, 2.24) is 10.3 Å². The monoisotopic (exact) mass is 579 g/mol. The van der Waals surface area contributed by atoms with Gasteiger partial charge in [0, 0.05) is 35.8 Å². The lowest BCUT2D eigenvalue weighted by Crippen LogP contribution is -2.38. The van der Waals surface area contributed by atoms with Crippen LogP contribution < -0.4 is 20.1 Å². The van der Waals surface area contributed by atoms with E-state index in [9.17, 15) is 14.7 Å². The molecular formula is C29H30BrN3O5. The first-order valence-corrected chi connectivity index (χ1v) is 13.1. The fourth-order valence-electron chi connectivity index (χ4n) is 4.11. The van der Waals surface area contributed by atoms with Gasteiger partial charge in [-0.1, -0.05) is 35.9 Å². The van der Waals surface area contributed by atoms with E-state index in [0.29, 0.717) is 41.2 Å². The van der Waals surface area contributed by atoms with E-state index in [0.717, 1.165) is 27.6 Å². The van der Waals surface area contributed by atoms with Crippen LogP contribution in [0, 0.1) is 6.92 Å². The van der Waals surface area contributed by atoms with Crippen LogP contribution in [0.4, 0.5) is 5.69 Å². The molecule has 1 atom stereocenters. The van der Waals surface area contributed by atoms with Crippen molar-refractivity contribution in [2.75, 3.05) is 18.5 Å². The molecule has 0 aliphatic heterocycles. The van der Waals surface area contributed by atoms with Crippen LogP contribution in [-0.2, 0) is 22.6 Å². The van der Waals surface area contributed by atoms with Crippen LogP contribution in [0.2, 0.25) is 0 Å². The van der Waals surface area contributed by atoms with Crippen LogP contribution in [0.15, 0.2) is 71.3 Å². The van der Waals surface area contributed by atoms with Crippen molar-refractivity contribution in [2.24, 2.45) is 0 Å². The number of para-hydroxylation sites is 1. The molecule has 0 aliphatic carbocycles. The Labute approximate surface area is 229 Å². The number of fused-ring (bicyclic) bond motifs is 1. The van der Waals surface area contributed by atoms with Crippen molar-refractivity contribution in [1.29, 1.82) is 0 Å². The van der Waals surface area contributed by atoms with Gasteiger partial charge in [0.2, 0.25) is 0 Å². The predicted molar refractivity (Wildman–Crippen MR) is 151 cm³/mol. The third-order valence-electron chi connectivity index (χ3n) is 6.00. The Balaban J connectivity index is 1.42. The van der Waals surface area contributed by atoms with Crippen molar-refractivity contribution in [3.63, 3.8) is 0 Å². The number of carboxylic acids is 1. The van der Waals surface area contributed by atoms with E-state index >= 15 is 0 Å². The summed E-state index contributed by atoms with van der Waals surface area (Å²) >= 11 is 3.52. The average molecular weight is 580 g/mol. The Kier molecular flexibility index (Phi) is 9.04. The number of aliphatic carboxylic acids is 1. The van der Waals surface area contributed by atoms with Crippen molar-refractivity contribution >= 4 is 44.4 Å². The second-order valence-electron chi connectivity index (χ2n) is 8.88. The number of benzene rings is 3. The zero-order valence-electron chi connectivity index (χ0n) is 21.2. The van der Waals surface area contributed by atoms with Gasteiger partial charge in [-0.3, -0.25) is 9.59 Å². The lowest BCUT2D eigenvalue weighted by Gasteiger charge is -2.18. The summed E-state index contributed by atoms with van der Waals surface area (Å²) in [5.41, 5.74) is 4.51. The minimum atomic E-state index is -0.932. The molecule has 0 aliphatic rings. The van der Waals surface area contributed by atoms with Gasteiger partial charge in [0.15, 0.2) is 18.1 Å². The molecule has 3 aromatic carbocycles. The van der Waals surface area contributed by atoms with E-state index in [1.54, 1.807) is 6.07 Å². The number of nitrogens with one attached hydrogen (secondary N) is 3. The maximum atomic E-state index is 12.4. The maximum Gasteiger partial charge on any atom is 0.321 e. The number of hydrogen-bond acceptors (Lipinski definition) is 5. The normalized spacial score (nSPS) is 11.8. The number of H-pyrrole nitrogens is 1. The van der Waals surface area contributed by atoms with Crippen molar-refractivity contribution in [3.8, 4) is 11.5 Å². The number of carbonyl (C=O) groups excluding carboxylic acids is 1. The summed E-state index contributed by atoms with van der Waals surface area (Å²) in [5.74, 6) is -0.358. The number of hydrogen-bond donors (Lipinski definition) is 4. The van der Waals surface area contributed by atoms with Crippen LogP contribution in [0.3, 0.4) is 0 Å². The van der Waals surface area contributed by atoms with E-state index in [2.05, 4.69) is 31.5 Å². The first kappa shape index (κ1) is 27.2. The molecular weight excluding hydrogens is 550 g/mol. The molecule has 0 radical (unpaired) electrons. The summed E-state index contributed by atoms with van der Waals surface area (Å²) in [7, 11) is 0. The molecule has 0 bridgehead atoms. The molecule has 0 fully saturated rings. The highest BCUT2D eigenvalue weighted by Crippen LogP contribution is 2.37. The summed E-state index contributed by atoms with van der Waals surface area (Å²) in [6, 6.07) is 18.1. The number of carbonyl (C=O) groups is 2. The van der Waals surface area contributed by atoms with Gasteiger partial charge in [0.1, 0.15) is 6.04 Å². The Bertz CT molecular complexity index is 1420. The van der Waals surface area contributed by atoms with Gasteiger partial charge in [-0.15, -0.1) is 0 Å². The third-order valence-corrected chi connectivity index (χ3v) is 6.59. The smallest absolute Gasteiger partial charge is 0.321 e. The van der Waals surface area contributed by atoms with Gasteiger partial charge in [-0.25, -0.2) is 0 Å². The van der Waals surface area contributed by atoms with Crippen LogP contribution in [0.25, 0.3) is 10.9 Å². The van der Waals surface area contributed by atoms with E-state index < -0.39 is 12.0 Å². The Morgan fingerprint density at radius 2 is 1.84 bits per heavy atom. The largest absolute Gasteiger partial charge is 0.490 e. The number of amides is 1. The second-order valence-corrected chi connectivity index (χ2v) is 9.73. The zero-order valence-corrected chi connectivity index (χ0v) is 22.8. The number of ether oxygens (including phenoxy) is 2. The Morgan fingerprint density at radius 1 is 1.08 bits per heavy atom. The molecule has 4 rings (SSSR count). The molecule has 0 saturated carbocycles. The fourth-order valence-corrected chi connectivity index (χ4v) is 4.71. The molecule has 8 nitrogen and oxygen atoms in total.